The lowest BCUT2D eigenvalue weighted by Crippen LogP contribution is -2.53. The second kappa shape index (κ2) is 12.7. The van der Waals surface area contributed by atoms with Crippen LogP contribution >= 0.6 is 0 Å². The van der Waals surface area contributed by atoms with Crippen LogP contribution in [-0.2, 0) is 26.2 Å². The summed E-state index contributed by atoms with van der Waals surface area (Å²) in [5, 5.41) is 2.92. The van der Waals surface area contributed by atoms with Crippen LogP contribution in [0.15, 0.2) is 83.8 Å². The molecule has 0 aromatic heterocycles. The molecule has 0 saturated heterocycles. The van der Waals surface area contributed by atoms with E-state index in [1.165, 1.54) is 17.0 Å². The number of amides is 2. The predicted molar refractivity (Wildman–Crippen MR) is 151 cm³/mol. The van der Waals surface area contributed by atoms with Gasteiger partial charge in [-0.15, -0.1) is 0 Å². The van der Waals surface area contributed by atoms with Crippen molar-refractivity contribution in [2.24, 2.45) is 0 Å². The van der Waals surface area contributed by atoms with Crippen LogP contribution in [0.5, 0.6) is 0 Å². The summed E-state index contributed by atoms with van der Waals surface area (Å²) in [6.07, 6.45) is 0.381. The molecule has 0 aliphatic heterocycles. The van der Waals surface area contributed by atoms with E-state index in [1.807, 2.05) is 71.0 Å². The second-order valence-electron chi connectivity index (χ2n) is 9.65. The van der Waals surface area contributed by atoms with Gasteiger partial charge >= 0.3 is 0 Å². The van der Waals surface area contributed by atoms with Crippen molar-refractivity contribution in [3.63, 3.8) is 0 Å². The Labute approximate surface area is 226 Å². The number of benzene rings is 3. The first kappa shape index (κ1) is 28.9. The van der Waals surface area contributed by atoms with Crippen molar-refractivity contribution in [3.05, 3.63) is 95.6 Å². The lowest BCUT2D eigenvalue weighted by Gasteiger charge is -2.34. The highest BCUT2D eigenvalue weighted by Crippen LogP contribution is 2.27. The number of nitrogens with zero attached hydrogens (tertiary/aromatic N) is 2. The first-order valence-electron chi connectivity index (χ1n) is 12.8. The van der Waals surface area contributed by atoms with Crippen LogP contribution in [0.4, 0.5) is 5.69 Å². The summed E-state index contributed by atoms with van der Waals surface area (Å²) >= 11 is 0. The number of hydrogen-bond donors (Lipinski definition) is 1. The van der Waals surface area contributed by atoms with Crippen molar-refractivity contribution in [2.75, 3.05) is 10.8 Å². The van der Waals surface area contributed by atoms with Gasteiger partial charge in [-0.3, -0.25) is 13.9 Å². The highest BCUT2D eigenvalue weighted by Gasteiger charge is 2.34. The van der Waals surface area contributed by atoms with Gasteiger partial charge in [-0.1, -0.05) is 67.6 Å². The largest absolute Gasteiger partial charge is 0.352 e. The lowest BCUT2D eigenvalue weighted by molar-refractivity contribution is -0.140. The van der Waals surface area contributed by atoms with Crippen LogP contribution in [0.1, 0.15) is 43.9 Å². The number of sulfonamides is 1. The summed E-state index contributed by atoms with van der Waals surface area (Å²) in [6.45, 7) is 9.08. The van der Waals surface area contributed by atoms with Gasteiger partial charge in [0.1, 0.15) is 12.6 Å². The van der Waals surface area contributed by atoms with Crippen LogP contribution < -0.4 is 9.62 Å². The minimum Gasteiger partial charge on any atom is -0.352 e. The molecule has 3 rings (SSSR count). The minimum atomic E-state index is -4.07. The Kier molecular flexibility index (Phi) is 9.69. The molecule has 1 N–H and O–H groups in total. The molecule has 202 valence electrons. The highest BCUT2D eigenvalue weighted by molar-refractivity contribution is 7.92. The molecule has 7 nitrogen and oxygen atoms in total. The van der Waals surface area contributed by atoms with Gasteiger partial charge in [0.15, 0.2) is 0 Å². The maximum Gasteiger partial charge on any atom is 0.264 e. The van der Waals surface area contributed by atoms with Crippen LogP contribution in [-0.4, -0.2) is 43.8 Å². The van der Waals surface area contributed by atoms with Crippen molar-refractivity contribution >= 4 is 27.5 Å². The molecule has 0 heterocycles. The van der Waals surface area contributed by atoms with Gasteiger partial charge < -0.3 is 10.2 Å². The van der Waals surface area contributed by atoms with Gasteiger partial charge in [-0.05, 0) is 69.0 Å². The van der Waals surface area contributed by atoms with Crippen LogP contribution in [0.3, 0.4) is 0 Å². The fourth-order valence-corrected chi connectivity index (χ4v) is 5.85. The maximum absolute atomic E-state index is 14.1. The minimum absolute atomic E-state index is 0.0890. The van der Waals surface area contributed by atoms with Crippen molar-refractivity contribution in [1.82, 2.24) is 10.2 Å². The average molecular weight is 536 g/mol. The van der Waals surface area contributed by atoms with Crippen molar-refractivity contribution < 1.29 is 18.0 Å². The monoisotopic (exact) mass is 535 g/mol. The Balaban J connectivity index is 2.08. The number of nitrogens with one attached hydrogen (secondary N) is 1. The number of carbonyl (C=O) groups excluding carboxylic acids is 2. The summed E-state index contributed by atoms with van der Waals surface area (Å²) in [7, 11) is -4.07. The van der Waals surface area contributed by atoms with E-state index < -0.39 is 28.5 Å². The molecule has 1 atom stereocenters. The van der Waals surface area contributed by atoms with Crippen molar-refractivity contribution in [1.29, 1.82) is 0 Å². The molecule has 3 aromatic carbocycles. The molecule has 2 amide bonds. The lowest BCUT2D eigenvalue weighted by atomic mass is 10.1. The maximum atomic E-state index is 14.1. The zero-order valence-corrected chi connectivity index (χ0v) is 23.5. The van der Waals surface area contributed by atoms with Crippen LogP contribution in [0.25, 0.3) is 0 Å². The van der Waals surface area contributed by atoms with Gasteiger partial charge in [0.05, 0.1) is 10.6 Å². The number of hydrogen-bond acceptors (Lipinski definition) is 4. The van der Waals surface area contributed by atoms with E-state index in [0.29, 0.717) is 12.1 Å². The van der Waals surface area contributed by atoms with E-state index in [9.17, 15) is 18.0 Å². The van der Waals surface area contributed by atoms with E-state index in [0.717, 1.165) is 21.0 Å². The van der Waals surface area contributed by atoms with Crippen LogP contribution in [0, 0.1) is 13.8 Å². The van der Waals surface area contributed by atoms with Gasteiger partial charge in [0, 0.05) is 12.6 Å². The molecule has 8 heteroatoms. The Morgan fingerprint density at radius 1 is 0.842 bits per heavy atom. The van der Waals surface area contributed by atoms with Crippen molar-refractivity contribution in [2.45, 2.75) is 64.6 Å². The SMILES string of the molecule is CCC(C(=O)NC(C)C)N(Cc1ccccc1C)C(=O)CN(c1ccccc1C)S(=O)(=O)c1ccccc1. The van der Waals surface area contributed by atoms with Crippen molar-refractivity contribution in [3.8, 4) is 0 Å². The zero-order valence-electron chi connectivity index (χ0n) is 22.7. The van der Waals surface area contributed by atoms with Gasteiger partial charge in [-0.25, -0.2) is 8.42 Å². The molecular weight excluding hydrogens is 498 g/mol. The standard InChI is InChI=1S/C30H37N3O4S/c1-6-27(30(35)31-22(2)3)32(20-25-16-12-10-14-23(25)4)29(34)21-33(28-19-13-11-15-24(28)5)38(36,37)26-17-8-7-9-18-26/h7-19,22,27H,6,20-21H2,1-5H3,(H,31,35). The molecule has 1 unspecified atom stereocenters. The molecular formula is C30H37N3O4S. The summed E-state index contributed by atoms with van der Waals surface area (Å²) < 4.78 is 28.9. The molecule has 0 fully saturated rings. The first-order valence-corrected chi connectivity index (χ1v) is 14.3. The van der Waals surface area contributed by atoms with Gasteiger partial charge in [0.25, 0.3) is 10.0 Å². The summed E-state index contributed by atoms with van der Waals surface area (Å²) in [5.74, 6) is -0.723. The smallest absolute Gasteiger partial charge is 0.264 e. The number of rotatable bonds is 11. The predicted octanol–water partition coefficient (Wildman–Crippen LogP) is 4.83. The van der Waals surface area contributed by atoms with E-state index in [2.05, 4.69) is 5.32 Å². The quantitative estimate of drug-likeness (QED) is 0.381. The Hall–Kier alpha value is -3.65. The third-order valence-corrected chi connectivity index (χ3v) is 8.19. The second-order valence-corrected chi connectivity index (χ2v) is 11.5. The van der Waals surface area contributed by atoms with Gasteiger partial charge in [-0.2, -0.15) is 0 Å². The summed E-state index contributed by atoms with van der Waals surface area (Å²) in [5.41, 5.74) is 3.01. The number of carbonyl (C=O) groups is 2. The van der Waals surface area contributed by atoms with E-state index in [-0.39, 0.29) is 23.4 Å². The number of aryl methyl sites for hydroxylation is 2. The molecule has 0 saturated carbocycles. The summed E-state index contributed by atoms with van der Waals surface area (Å²) in [4.78, 5) is 28.9. The molecule has 0 radical (unpaired) electrons. The van der Waals surface area contributed by atoms with Gasteiger partial charge in [0.2, 0.25) is 11.8 Å². The Morgan fingerprint density at radius 3 is 2.00 bits per heavy atom. The van der Waals surface area contributed by atoms with Crippen LogP contribution in [0.2, 0.25) is 0 Å². The van der Waals surface area contributed by atoms with E-state index in [4.69, 9.17) is 0 Å². The molecule has 3 aromatic rings. The Bertz CT molecular complexity index is 1360. The van der Waals surface area contributed by atoms with E-state index >= 15 is 0 Å². The molecule has 38 heavy (non-hydrogen) atoms. The fourth-order valence-electron chi connectivity index (χ4n) is 4.35. The normalized spacial score (nSPS) is 12.2. The highest BCUT2D eigenvalue weighted by atomic mass is 32.2. The third kappa shape index (κ3) is 6.81. The first-order chi connectivity index (χ1) is 18.1. The van der Waals surface area contributed by atoms with E-state index in [1.54, 1.807) is 30.3 Å². The molecule has 0 spiro atoms. The molecule has 0 aliphatic carbocycles. The third-order valence-electron chi connectivity index (χ3n) is 6.41. The number of anilines is 1. The fraction of sp³-hybridized carbons (Fsp3) is 0.333. The Morgan fingerprint density at radius 2 is 1.42 bits per heavy atom. The number of para-hydroxylation sites is 1. The zero-order chi connectivity index (χ0) is 27.9. The topological polar surface area (TPSA) is 86.8 Å². The average Bonchev–Trinajstić information content (AvgIpc) is 2.88. The summed E-state index contributed by atoms with van der Waals surface area (Å²) in [6, 6.07) is 22.0. The molecule has 0 bridgehead atoms. The molecule has 0 aliphatic rings.